The summed E-state index contributed by atoms with van der Waals surface area (Å²) in [4.78, 5) is 16.5. The summed E-state index contributed by atoms with van der Waals surface area (Å²) in [5.74, 6) is 0.192. The number of anilines is 2. The minimum absolute atomic E-state index is 0.0339. The molecule has 0 spiro atoms. The van der Waals surface area contributed by atoms with Gasteiger partial charge in [-0.1, -0.05) is 36.4 Å². The third-order valence-corrected chi connectivity index (χ3v) is 4.03. The van der Waals surface area contributed by atoms with E-state index in [1.54, 1.807) is 4.90 Å². The standard InChI is InChI=1S/C18H20N2O2/c21-14-15-11-12-19(13-15)18(22)20(16-7-3-1-4-8-16)17-9-5-2-6-10-17/h1-10,15,21H,11-14H2. The largest absolute Gasteiger partial charge is 0.396 e. The molecule has 114 valence electrons. The zero-order valence-electron chi connectivity index (χ0n) is 12.4. The lowest BCUT2D eigenvalue weighted by Crippen LogP contribution is -2.39. The number of hydrogen-bond donors (Lipinski definition) is 1. The molecule has 1 heterocycles. The summed E-state index contributed by atoms with van der Waals surface area (Å²) in [6.45, 7) is 1.45. The molecule has 2 aromatic rings. The van der Waals surface area contributed by atoms with E-state index in [1.807, 2.05) is 65.6 Å². The lowest BCUT2D eigenvalue weighted by Gasteiger charge is -2.28. The number of para-hydroxylation sites is 2. The molecule has 3 rings (SSSR count). The number of rotatable bonds is 3. The van der Waals surface area contributed by atoms with Gasteiger partial charge in [0.05, 0.1) is 11.4 Å². The number of aliphatic hydroxyl groups is 1. The summed E-state index contributed by atoms with van der Waals surface area (Å²) in [6.07, 6.45) is 0.861. The number of benzene rings is 2. The molecule has 0 saturated carbocycles. The molecule has 4 nitrogen and oxygen atoms in total. The predicted octanol–water partition coefficient (Wildman–Crippen LogP) is 3.26. The van der Waals surface area contributed by atoms with E-state index in [0.717, 1.165) is 17.8 Å². The fourth-order valence-corrected chi connectivity index (χ4v) is 2.82. The monoisotopic (exact) mass is 296 g/mol. The van der Waals surface area contributed by atoms with Gasteiger partial charge in [0.2, 0.25) is 0 Å². The maximum absolute atomic E-state index is 13.0. The normalized spacial score (nSPS) is 17.5. The van der Waals surface area contributed by atoms with Crippen LogP contribution in [-0.4, -0.2) is 35.7 Å². The molecular weight excluding hydrogens is 276 g/mol. The molecule has 2 amide bonds. The van der Waals surface area contributed by atoms with Gasteiger partial charge in [-0.05, 0) is 30.7 Å². The Hall–Kier alpha value is -2.33. The minimum atomic E-state index is -0.0339. The highest BCUT2D eigenvalue weighted by atomic mass is 16.3. The van der Waals surface area contributed by atoms with Crippen LogP contribution in [0, 0.1) is 5.92 Å². The Morgan fingerprint density at radius 1 is 1.05 bits per heavy atom. The van der Waals surface area contributed by atoms with Gasteiger partial charge in [-0.15, -0.1) is 0 Å². The summed E-state index contributed by atoms with van der Waals surface area (Å²) in [5.41, 5.74) is 1.71. The number of likely N-dealkylation sites (tertiary alicyclic amines) is 1. The Labute approximate surface area is 130 Å². The number of urea groups is 1. The molecule has 1 atom stereocenters. The molecule has 1 aliphatic heterocycles. The van der Waals surface area contributed by atoms with Crippen LogP contribution in [0.25, 0.3) is 0 Å². The minimum Gasteiger partial charge on any atom is -0.396 e. The molecule has 1 aliphatic rings. The van der Waals surface area contributed by atoms with Crippen LogP contribution in [0.3, 0.4) is 0 Å². The van der Waals surface area contributed by atoms with Crippen molar-refractivity contribution in [2.45, 2.75) is 6.42 Å². The first kappa shape index (κ1) is 14.6. The zero-order chi connectivity index (χ0) is 15.4. The maximum atomic E-state index is 13.0. The average Bonchev–Trinajstić information content (AvgIpc) is 3.06. The van der Waals surface area contributed by atoms with Crippen molar-refractivity contribution in [3.05, 3.63) is 60.7 Å². The van der Waals surface area contributed by atoms with E-state index in [0.29, 0.717) is 13.1 Å². The van der Waals surface area contributed by atoms with Crippen molar-refractivity contribution in [2.75, 3.05) is 24.6 Å². The van der Waals surface area contributed by atoms with Crippen LogP contribution in [0.4, 0.5) is 16.2 Å². The van der Waals surface area contributed by atoms with Gasteiger partial charge in [-0.25, -0.2) is 4.79 Å². The lowest BCUT2D eigenvalue weighted by molar-refractivity contribution is 0.205. The van der Waals surface area contributed by atoms with Crippen LogP contribution in [0.1, 0.15) is 6.42 Å². The predicted molar refractivity (Wildman–Crippen MR) is 87.2 cm³/mol. The first-order chi connectivity index (χ1) is 10.8. The maximum Gasteiger partial charge on any atom is 0.329 e. The quantitative estimate of drug-likeness (QED) is 0.945. The highest BCUT2D eigenvalue weighted by Crippen LogP contribution is 2.28. The second-order valence-corrected chi connectivity index (χ2v) is 5.57. The van der Waals surface area contributed by atoms with Crippen LogP contribution in [0.2, 0.25) is 0 Å². The third-order valence-electron chi connectivity index (χ3n) is 4.03. The smallest absolute Gasteiger partial charge is 0.329 e. The molecule has 1 N–H and O–H groups in total. The molecule has 1 unspecified atom stereocenters. The second kappa shape index (κ2) is 6.62. The Bertz CT molecular complexity index is 576. The first-order valence-corrected chi connectivity index (χ1v) is 7.59. The van der Waals surface area contributed by atoms with E-state index in [-0.39, 0.29) is 18.6 Å². The number of aliphatic hydroxyl groups excluding tert-OH is 1. The summed E-state index contributed by atoms with van der Waals surface area (Å²) in [6, 6.07) is 19.3. The van der Waals surface area contributed by atoms with E-state index in [4.69, 9.17) is 0 Å². The SMILES string of the molecule is O=C(N1CCC(CO)C1)N(c1ccccc1)c1ccccc1. The van der Waals surface area contributed by atoms with Crippen LogP contribution in [0.15, 0.2) is 60.7 Å². The molecule has 22 heavy (non-hydrogen) atoms. The van der Waals surface area contributed by atoms with Crippen LogP contribution < -0.4 is 4.90 Å². The number of carbonyl (C=O) groups is 1. The summed E-state index contributed by atoms with van der Waals surface area (Å²) >= 11 is 0. The fraction of sp³-hybridized carbons (Fsp3) is 0.278. The molecule has 4 heteroatoms. The van der Waals surface area contributed by atoms with Gasteiger partial charge in [0, 0.05) is 25.6 Å². The van der Waals surface area contributed by atoms with E-state index in [1.165, 1.54) is 0 Å². The van der Waals surface area contributed by atoms with Crippen molar-refractivity contribution in [3.8, 4) is 0 Å². The van der Waals surface area contributed by atoms with Gasteiger partial charge in [0.15, 0.2) is 0 Å². The number of hydrogen-bond acceptors (Lipinski definition) is 2. The number of amides is 2. The Morgan fingerprint density at radius 3 is 2.05 bits per heavy atom. The van der Waals surface area contributed by atoms with Crippen molar-refractivity contribution in [1.29, 1.82) is 0 Å². The fourth-order valence-electron chi connectivity index (χ4n) is 2.82. The van der Waals surface area contributed by atoms with Crippen molar-refractivity contribution < 1.29 is 9.90 Å². The molecule has 0 radical (unpaired) electrons. The van der Waals surface area contributed by atoms with Gasteiger partial charge < -0.3 is 10.0 Å². The van der Waals surface area contributed by atoms with E-state index in [2.05, 4.69) is 0 Å². The summed E-state index contributed by atoms with van der Waals surface area (Å²) < 4.78 is 0. The molecule has 1 fully saturated rings. The van der Waals surface area contributed by atoms with E-state index in [9.17, 15) is 9.90 Å². The van der Waals surface area contributed by atoms with Crippen LogP contribution in [-0.2, 0) is 0 Å². The highest BCUT2D eigenvalue weighted by Gasteiger charge is 2.30. The van der Waals surface area contributed by atoms with Gasteiger partial charge >= 0.3 is 6.03 Å². The van der Waals surface area contributed by atoms with Crippen LogP contribution in [0.5, 0.6) is 0 Å². The third kappa shape index (κ3) is 2.97. The van der Waals surface area contributed by atoms with Crippen molar-refractivity contribution >= 4 is 17.4 Å². The topological polar surface area (TPSA) is 43.8 Å². The van der Waals surface area contributed by atoms with E-state index >= 15 is 0 Å². The highest BCUT2D eigenvalue weighted by molar-refractivity contribution is 5.99. The van der Waals surface area contributed by atoms with Gasteiger partial charge in [-0.3, -0.25) is 4.90 Å². The lowest BCUT2D eigenvalue weighted by atomic mass is 10.1. The van der Waals surface area contributed by atoms with Crippen LogP contribution >= 0.6 is 0 Å². The Kier molecular flexibility index (Phi) is 4.39. The molecule has 2 aromatic carbocycles. The number of carbonyl (C=O) groups excluding carboxylic acids is 1. The second-order valence-electron chi connectivity index (χ2n) is 5.57. The first-order valence-electron chi connectivity index (χ1n) is 7.59. The van der Waals surface area contributed by atoms with E-state index < -0.39 is 0 Å². The molecule has 1 saturated heterocycles. The summed E-state index contributed by atoms with van der Waals surface area (Å²) in [7, 11) is 0. The summed E-state index contributed by atoms with van der Waals surface area (Å²) in [5, 5.41) is 9.29. The Balaban J connectivity index is 1.91. The zero-order valence-corrected chi connectivity index (χ0v) is 12.4. The average molecular weight is 296 g/mol. The van der Waals surface area contributed by atoms with Gasteiger partial charge in [0.1, 0.15) is 0 Å². The van der Waals surface area contributed by atoms with Crippen molar-refractivity contribution in [1.82, 2.24) is 4.90 Å². The van der Waals surface area contributed by atoms with Gasteiger partial charge in [-0.2, -0.15) is 0 Å². The Morgan fingerprint density at radius 2 is 1.59 bits per heavy atom. The molecule has 0 aliphatic carbocycles. The van der Waals surface area contributed by atoms with Gasteiger partial charge in [0.25, 0.3) is 0 Å². The van der Waals surface area contributed by atoms with Crippen molar-refractivity contribution in [3.63, 3.8) is 0 Å². The number of nitrogens with zero attached hydrogens (tertiary/aromatic N) is 2. The molecule has 0 aromatic heterocycles. The molecular formula is C18H20N2O2. The molecule has 0 bridgehead atoms. The van der Waals surface area contributed by atoms with Crippen molar-refractivity contribution in [2.24, 2.45) is 5.92 Å².